The summed E-state index contributed by atoms with van der Waals surface area (Å²) in [5.41, 5.74) is 1.66. The molecule has 0 saturated heterocycles. The summed E-state index contributed by atoms with van der Waals surface area (Å²) >= 11 is 0. The van der Waals surface area contributed by atoms with Crippen LogP contribution in [0.4, 0.5) is 0 Å². The zero-order chi connectivity index (χ0) is 14.1. The molecule has 1 aromatic carbocycles. The van der Waals surface area contributed by atoms with E-state index >= 15 is 0 Å². The fourth-order valence-corrected chi connectivity index (χ4v) is 1.38. The van der Waals surface area contributed by atoms with Gasteiger partial charge in [-0.1, -0.05) is 24.0 Å². The molecule has 100 valence electrons. The fraction of sp³-hybridized carbons (Fsp3) is 0.333. The predicted molar refractivity (Wildman–Crippen MR) is 70.3 cm³/mol. The lowest BCUT2D eigenvalue weighted by Crippen LogP contribution is -2.07. The van der Waals surface area contributed by atoms with Crippen LogP contribution in [-0.4, -0.2) is 25.7 Å². The minimum absolute atomic E-state index is 0.0705. The second kappa shape index (κ2) is 7.93. The summed E-state index contributed by atoms with van der Waals surface area (Å²) in [5.74, 6) is 4.97. The Labute approximate surface area is 112 Å². The lowest BCUT2D eigenvalue weighted by atomic mass is 10.1. The van der Waals surface area contributed by atoms with Gasteiger partial charge in [0.25, 0.3) is 0 Å². The lowest BCUT2D eigenvalue weighted by molar-refractivity contribution is -0.142. The molecule has 0 aliphatic carbocycles. The Morgan fingerprint density at radius 2 is 1.84 bits per heavy atom. The Bertz CT molecular complexity index is 491. The highest BCUT2D eigenvalue weighted by atomic mass is 16.5. The van der Waals surface area contributed by atoms with Gasteiger partial charge in [-0.15, -0.1) is 0 Å². The van der Waals surface area contributed by atoms with Gasteiger partial charge in [-0.05, 0) is 24.6 Å². The molecule has 0 aliphatic heterocycles. The van der Waals surface area contributed by atoms with Crippen molar-refractivity contribution in [2.75, 3.05) is 13.7 Å². The average molecular weight is 260 g/mol. The van der Waals surface area contributed by atoms with Gasteiger partial charge in [0.05, 0.1) is 20.1 Å². The van der Waals surface area contributed by atoms with Crippen LogP contribution in [0.3, 0.4) is 0 Å². The highest BCUT2D eigenvalue weighted by Gasteiger charge is 2.03. The maximum Gasteiger partial charge on any atom is 0.317 e. The summed E-state index contributed by atoms with van der Waals surface area (Å²) in [6.07, 6.45) is 0.324. The zero-order valence-corrected chi connectivity index (χ0v) is 11.1. The smallest absolute Gasteiger partial charge is 0.317 e. The third kappa shape index (κ3) is 5.73. The van der Waals surface area contributed by atoms with Crippen molar-refractivity contribution in [1.29, 1.82) is 0 Å². The normalized spacial score (nSPS) is 9.16. The molecule has 0 N–H and O–H groups in total. The van der Waals surface area contributed by atoms with Gasteiger partial charge in [0.1, 0.15) is 6.42 Å². The molecule has 0 heterocycles. The Kier molecular flexibility index (Phi) is 6.17. The molecule has 0 amide bonds. The van der Waals surface area contributed by atoms with Crippen molar-refractivity contribution in [3.8, 4) is 11.8 Å². The molecule has 0 unspecified atom stereocenters. The molecule has 0 aromatic heterocycles. The molecule has 0 aliphatic rings. The largest absolute Gasteiger partial charge is 0.468 e. The quantitative estimate of drug-likeness (QED) is 0.611. The van der Waals surface area contributed by atoms with Gasteiger partial charge in [0, 0.05) is 5.56 Å². The summed E-state index contributed by atoms with van der Waals surface area (Å²) in [6, 6.07) is 7.25. The van der Waals surface area contributed by atoms with Gasteiger partial charge in [-0.25, -0.2) is 0 Å². The monoisotopic (exact) mass is 260 g/mol. The molecule has 0 spiro atoms. The first-order valence-electron chi connectivity index (χ1n) is 5.96. The van der Waals surface area contributed by atoms with Crippen molar-refractivity contribution in [3.63, 3.8) is 0 Å². The van der Waals surface area contributed by atoms with E-state index in [9.17, 15) is 9.59 Å². The van der Waals surface area contributed by atoms with Gasteiger partial charge >= 0.3 is 11.9 Å². The number of rotatable bonds is 4. The third-order valence-electron chi connectivity index (χ3n) is 2.30. The average Bonchev–Trinajstić information content (AvgIpc) is 2.41. The maximum atomic E-state index is 11.3. The summed E-state index contributed by atoms with van der Waals surface area (Å²) in [4.78, 5) is 22.1. The predicted octanol–water partition coefficient (Wildman–Crippen LogP) is 1.71. The Hall–Kier alpha value is -2.28. The van der Waals surface area contributed by atoms with E-state index in [1.807, 2.05) is 12.1 Å². The van der Waals surface area contributed by atoms with Crippen LogP contribution in [0, 0.1) is 11.8 Å². The number of benzene rings is 1. The molecule has 1 aromatic rings. The number of hydrogen-bond acceptors (Lipinski definition) is 4. The van der Waals surface area contributed by atoms with Crippen LogP contribution in [-0.2, 0) is 25.5 Å². The van der Waals surface area contributed by atoms with E-state index in [1.165, 1.54) is 7.11 Å². The van der Waals surface area contributed by atoms with Gasteiger partial charge in [-0.3, -0.25) is 9.59 Å². The molecular weight excluding hydrogens is 244 g/mol. The molecule has 4 nitrogen and oxygen atoms in total. The first kappa shape index (κ1) is 14.8. The van der Waals surface area contributed by atoms with E-state index in [4.69, 9.17) is 4.74 Å². The van der Waals surface area contributed by atoms with Crippen LogP contribution in [0.15, 0.2) is 24.3 Å². The zero-order valence-electron chi connectivity index (χ0n) is 11.1. The molecule has 1 rings (SSSR count). The molecule has 0 saturated carbocycles. The van der Waals surface area contributed by atoms with Crippen LogP contribution in [0.25, 0.3) is 0 Å². The van der Waals surface area contributed by atoms with Crippen molar-refractivity contribution in [3.05, 3.63) is 35.4 Å². The Balaban J connectivity index is 2.56. The highest BCUT2D eigenvalue weighted by molar-refractivity contribution is 5.73. The number of carbonyl (C=O) groups is 2. The first-order valence-corrected chi connectivity index (χ1v) is 5.96. The number of ether oxygens (including phenoxy) is 2. The van der Waals surface area contributed by atoms with Gasteiger partial charge in [0.2, 0.25) is 0 Å². The van der Waals surface area contributed by atoms with Crippen LogP contribution < -0.4 is 0 Å². The molecule has 0 radical (unpaired) electrons. The SMILES string of the molecule is CCOC(=O)Cc1ccc(C#CCC(=O)OC)cc1. The second-order valence-electron chi connectivity index (χ2n) is 3.73. The topological polar surface area (TPSA) is 52.6 Å². The van der Waals surface area contributed by atoms with Crippen LogP contribution in [0.1, 0.15) is 24.5 Å². The van der Waals surface area contributed by atoms with E-state index < -0.39 is 0 Å². The molecule has 0 bridgehead atoms. The number of methoxy groups -OCH3 is 1. The van der Waals surface area contributed by atoms with E-state index in [0.29, 0.717) is 6.61 Å². The second-order valence-corrected chi connectivity index (χ2v) is 3.73. The summed E-state index contributed by atoms with van der Waals surface area (Å²) in [6.45, 7) is 2.16. The standard InChI is InChI=1S/C15H16O4/c1-3-19-15(17)11-13-9-7-12(8-10-13)5-4-6-14(16)18-2/h7-10H,3,6,11H2,1-2H3. The van der Waals surface area contributed by atoms with Gasteiger partial charge in [0.15, 0.2) is 0 Å². The minimum Gasteiger partial charge on any atom is -0.468 e. The molecule has 0 atom stereocenters. The summed E-state index contributed by atoms with van der Waals surface area (Å²) in [5, 5.41) is 0. The maximum absolute atomic E-state index is 11.3. The van der Waals surface area contributed by atoms with E-state index in [1.54, 1.807) is 19.1 Å². The molecule has 4 heteroatoms. The Morgan fingerprint density at radius 1 is 1.16 bits per heavy atom. The van der Waals surface area contributed by atoms with Crippen molar-refractivity contribution >= 4 is 11.9 Å². The van der Waals surface area contributed by atoms with Crippen molar-refractivity contribution < 1.29 is 19.1 Å². The van der Waals surface area contributed by atoms with Gasteiger partial charge < -0.3 is 9.47 Å². The van der Waals surface area contributed by atoms with Gasteiger partial charge in [-0.2, -0.15) is 0 Å². The number of esters is 2. The molecule has 19 heavy (non-hydrogen) atoms. The number of hydrogen-bond donors (Lipinski definition) is 0. The van der Waals surface area contributed by atoms with Crippen LogP contribution in [0.2, 0.25) is 0 Å². The summed E-state index contributed by atoms with van der Waals surface area (Å²) in [7, 11) is 1.33. The van der Waals surface area contributed by atoms with E-state index in [2.05, 4.69) is 16.6 Å². The lowest BCUT2D eigenvalue weighted by Gasteiger charge is -2.01. The summed E-state index contributed by atoms with van der Waals surface area (Å²) < 4.78 is 9.34. The van der Waals surface area contributed by atoms with E-state index in [-0.39, 0.29) is 24.8 Å². The third-order valence-corrected chi connectivity index (χ3v) is 2.30. The first-order chi connectivity index (χ1) is 9.15. The van der Waals surface area contributed by atoms with E-state index in [0.717, 1.165) is 11.1 Å². The minimum atomic E-state index is -0.355. The molecular formula is C15H16O4. The molecule has 0 fully saturated rings. The highest BCUT2D eigenvalue weighted by Crippen LogP contribution is 2.05. The van der Waals surface area contributed by atoms with Crippen molar-refractivity contribution in [1.82, 2.24) is 0 Å². The number of carbonyl (C=O) groups excluding carboxylic acids is 2. The van der Waals surface area contributed by atoms with Crippen LogP contribution in [0.5, 0.6) is 0 Å². The van der Waals surface area contributed by atoms with Crippen molar-refractivity contribution in [2.45, 2.75) is 19.8 Å². The van der Waals surface area contributed by atoms with Crippen molar-refractivity contribution in [2.24, 2.45) is 0 Å². The Morgan fingerprint density at radius 3 is 2.42 bits per heavy atom. The fourth-order valence-electron chi connectivity index (χ4n) is 1.38. The van der Waals surface area contributed by atoms with Crippen LogP contribution >= 0.6 is 0 Å².